The summed E-state index contributed by atoms with van der Waals surface area (Å²) in [5, 5.41) is 0. The molecule has 0 nitrogen and oxygen atoms in total. The van der Waals surface area contributed by atoms with Gasteiger partial charge >= 0.3 is 0 Å². The number of benzene rings is 2. The molecule has 2 aromatic carbocycles. The number of hydrogen-bond acceptors (Lipinski definition) is 0. The summed E-state index contributed by atoms with van der Waals surface area (Å²) in [6.07, 6.45) is 0. The summed E-state index contributed by atoms with van der Waals surface area (Å²) in [6.45, 7) is 1.63. The van der Waals surface area contributed by atoms with Crippen LogP contribution in [0.25, 0.3) is 11.1 Å². The Hall–Kier alpha value is -1.64. The molecule has 78 valence electrons. The molecule has 0 aliphatic rings. The highest BCUT2D eigenvalue weighted by Crippen LogP contribution is 2.25. The molecule has 0 spiro atoms. The second kappa shape index (κ2) is 4.09. The number of hydrogen-bond donors (Lipinski definition) is 0. The molecular formula is C13H9BF2. The molecule has 0 heterocycles. The minimum Gasteiger partial charge on any atom is -0.207 e. The van der Waals surface area contributed by atoms with Crippen LogP contribution in [0, 0.1) is 18.6 Å². The molecule has 16 heavy (non-hydrogen) atoms. The zero-order chi connectivity index (χ0) is 11.7. The molecule has 2 aromatic rings. The SMILES string of the molecule is [B]c1ccc(-c2cc(F)cc(F)c2C)cc1. The first-order chi connectivity index (χ1) is 7.58. The summed E-state index contributed by atoms with van der Waals surface area (Å²) in [4.78, 5) is 0. The molecular weight excluding hydrogens is 205 g/mol. The Balaban J connectivity index is 2.59. The van der Waals surface area contributed by atoms with E-state index in [1.165, 1.54) is 6.07 Å². The standard InChI is InChI=1S/C13H9BF2/c1-8-12(6-11(15)7-13(8)16)9-2-4-10(14)5-3-9/h2-7H,1H3. The van der Waals surface area contributed by atoms with Crippen molar-refractivity contribution in [3.63, 3.8) is 0 Å². The molecule has 0 fully saturated rings. The van der Waals surface area contributed by atoms with Crippen molar-refractivity contribution in [3.8, 4) is 11.1 Å². The fourth-order valence-corrected chi connectivity index (χ4v) is 1.61. The van der Waals surface area contributed by atoms with Crippen molar-refractivity contribution in [2.45, 2.75) is 6.92 Å². The van der Waals surface area contributed by atoms with Crippen molar-refractivity contribution in [1.82, 2.24) is 0 Å². The second-order valence-corrected chi connectivity index (χ2v) is 3.68. The molecule has 2 radical (unpaired) electrons. The van der Waals surface area contributed by atoms with Gasteiger partial charge < -0.3 is 0 Å². The van der Waals surface area contributed by atoms with E-state index in [1.54, 1.807) is 31.2 Å². The van der Waals surface area contributed by atoms with Gasteiger partial charge in [0.2, 0.25) is 0 Å². The quantitative estimate of drug-likeness (QED) is 0.640. The molecule has 3 heteroatoms. The van der Waals surface area contributed by atoms with Gasteiger partial charge in [0.1, 0.15) is 19.5 Å². The largest absolute Gasteiger partial charge is 0.207 e. The van der Waals surface area contributed by atoms with Gasteiger partial charge in [-0.15, -0.1) is 0 Å². The van der Waals surface area contributed by atoms with Gasteiger partial charge in [-0.2, -0.15) is 0 Å². The highest BCUT2D eigenvalue weighted by molar-refractivity contribution is 6.32. The Morgan fingerprint density at radius 2 is 1.62 bits per heavy atom. The minimum atomic E-state index is -0.574. The van der Waals surface area contributed by atoms with Crippen molar-refractivity contribution in [3.05, 3.63) is 53.6 Å². The zero-order valence-corrected chi connectivity index (χ0v) is 8.80. The number of halogens is 2. The average Bonchev–Trinajstić information content (AvgIpc) is 2.25. The maximum Gasteiger partial charge on any atom is 0.129 e. The molecule has 0 bridgehead atoms. The molecule has 0 aliphatic carbocycles. The van der Waals surface area contributed by atoms with Crippen molar-refractivity contribution < 1.29 is 8.78 Å². The van der Waals surface area contributed by atoms with E-state index in [0.717, 1.165) is 11.6 Å². The Kier molecular flexibility index (Phi) is 2.78. The zero-order valence-electron chi connectivity index (χ0n) is 8.80. The average molecular weight is 214 g/mol. The molecule has 0 saturated heterocycles. The summed E-state index contributed by atoms with van der Waals surface area (Å²) >= 11 is 0. The van der Waals surface area contributed by atoms with Gasteiger partial charge in [-0.1, -0.05) is 29.7 Å². The third-order valence-electron chi connectivity index (χ3n) is 2.53. The third-order valence-corrected chi connectivity index (χ3v) is 2.53. The summed E-state index contributed by atoms with van der Waals surface area (Å²) in [5.74, 6) is -1.11. The summed E-state index contributed by atoms with van der Waals surface area (Å²) in [7, 11) is 5.55. The lowest BCUT2D eigenvalue weighted by molar-refractivity contribution is 0.578. The lowest BCUT2D eigenvalue weighted by Crippen LogP contribution is -2.00. The summed E-state index contributed by atoms with van der Waals surface area (Å²) < 4.78 is 26.4. The third kappa shape index (κ3) is 1.99. The first-order valence-electron chi connectivity index (χ1n) is 4.89. The van der Waals surface area contributed by atoms with Gasteiger partial charge in [-0.3, -0.25) is 0 Å². The topological polar surface area (TPSA) is 0 Å². The van der Waals surface area contributed by atoms with Crippen molar-refractivity contribution in [2.24, 2.45) is 0 Å². The Morgan fingerprint density at radius 3 is 2.25 bits per heavy atom. The van der Waals surface area contributed by atoms with Crippen LogP contribution in [0.1, 0.15) is 5.56 Å². The van der Waals surface area contributed by atoms with E-state index in [2.05, 4.69) is 0 Å². The molecule has 0 amide bonds. The van der Waals surface area contributed by atoms with E-state index in [9.17, 15) is 8.78 Å². The lowest BCUT2D eigenvalue weighted by Gasteiger charge is -2.07. The monoisotopic (exact) mass is 214 g/mol. The van der Waals surface area contributed by atoms with Gasteiger partial charge in [0.15, 0.2) is 0 Å². The predicted molar refractivity (Wildman–Crippen MR) is 61.9 cm³/mol. The predicted octanol–water partition coefficient (Wildman–Crippen LogP) is 2.73. The highest BCUT2D eigenvalue weighted by atomic mass is 19.1. The van der Waals surface area contributed by atoms with E-state index < -0.39 is 11.6 Å². The van der Waals surface area contributed by atoms with E-state index in [-0.39, 0.29) is 0 Å². The number of rotatable bonds is 1. The molecule has 0 aromatic heterocycles. The normalized spacial score (nSPS) is 10.4. The van der Waals surface area contributed by atoms with Gasteiger partial charge in [0.05, 0.1) is 0 Å². The molecule has 0 aliphatic heterocycles. The van der Waals surface area contributed by atoms with Crippen LogP contribution < -0.4 is 5.46 Å². The van der Waals surface area contributed by atoms with E-state index in [0.29, 0.717) is 16.6 Å². The fourth-order valence-electron chi connectivity index (χ4n) is 1.61. The maximum atomic E-state index is 13.3. The maximum absolute atomic E-state index is 13.3. The molecule has 0 atom stereocenters. The van der Waals surface area contributed by atoms with E-state index in [1.807, 2.05) is 0 Å². The highest BCUT2D eigenvalue weighted by Gasteiger charge is 2.08. The molecule has 0 unspecified atom stereocenters. The van der Waals surface area contributed by atoms with Crippen LogP contribution in [-0.4, -0.2) is 7.85 Å². The summed E-state index contributed by atoms with van der Waals surface area (Å²) in [5.41, 5.74) is 2.37. The van der Waals surface area contributed by atoms with Crippen LogP contribution in [0.2, 0.25) is 0 Å². The molecule has 0 N–H and O–H groups in total. The van der Waals surface area contributed by atoms with Crippen LogP contribution in [0.15, 0.2) is 36.4 Å². The van der Waals surface area contributed by atoms with E-state index in [4.69, 9.17) is 7.85 Å². The van der Waals surface area contributed by atoms with Gasteiger partial charge in [-0.05, 0) is 29.7 Å². The first-order valence-corrected chi connectivity index (χ1v) is 4.89. The van der Waals surface area contributed by atoms with Crippen LogP contribution in [0.4, 0.5) is 8.78 Å². The Labute approximate surface area is 94.3 Å². The van der Waals surface area contributed by atoms with Gasteiger partial charge in [-0.25, -0.2) is 8.78 Å². The minimum absolute atomic E-state index is 0.436. The van der Waals surface area contributed by atoms with Gasteiger partial charge in [0.25, 0.3) is 0 Å². The second-order valence-electron chi connectivity index (χ2n) is 3.68. The fraction of sp³-hybridized carbons (Fsp3) is 0.0769. The van der Waals surface area contributed by atoms with Crippen LogP contribution in [0.5, 0.6) is 0 Å². The molecule has 2 rings (SSSR count). The van der Waals surface area contributed by atoms with Crippen molar-refractivity contribution >= 4 is 13.3 Å². The van der Waals surface area contributed by atoms with Crippen LogP contribution in [-0.2, 0) is 0 Å². The van der Waals surface area contributed by atoms with Crippen LogP contribution in [0.3, 0.4) is 0 Å². The smallest absolute Gasteiger partial charge is 0.129 e. The Bertz CT molecular complexity index is 518. The van der Waals surface area contributed by atoms with Gasteiger partial charge in [0, 0.05) is 6.07 Å². The first kappa shape index (κ1) is 10.9. The lowest BCUT2D eigenvalue weighted by atomic mass is 9.92. The molecule has 0 saturated carbocycles. The van der Waals surface area contributed by atoms with Crippen molar-refractivity contribution in [2.75, 3.05) is 0 Å². The van der Waals surface area contributed by atoms with Crippen molar-refractivity contribution in [1.29, 1.82) is 0 Å². The van der Waals surface area contributed by atoms with E-state index >= 15 is 0 Å². The van der Waals surface area contributed by atoms with Crippen LogP contribution >= 0.6 is 0 Å². The summed E-state index contributed by atoms with van der Waals surface area (Å²) in [6, 6.07) is 9.11. The Morgan fingerprint density at radius 1 is 1.00 bits per heavy atom.